The largest absolute Gasteiger partial charge is 0.490 e. The fourth-order valence-electron chi connectivity index (χ4n) is 13.3. The third kappa shape index (κ3) is 9.21. The summed E-state index contributed by atoms with van der Waals surface area (Å²) in [5, 5.41) is 0. The van der Waals surface area contributed by atoms with E-state index in [4.69, 9.17) is 9.47 Å². The van der Waals surface area contributed by atoms with E-state index in [0.29, 0.717) is 0 Å². The molecule has 2 aliphatic carbocycles. The summed E-state index contributed by atoms with van der Waals surface area (Å²) in [6.07, 6.45) is 16.8. The summed E-state index contributed by atoms with van der Waals surface area (Å²) < 4.78 is 13.6. The molecule has 0 fully saturated rings. The summed E-state index contributed by atoms with van der Waals surface area (Å²) in [5.74, 6) is 2.36. The lowest BCUT2D eigenvalue weighted by atomic mass is 9.33. The van der Waals surface area contributed by atoms with E-state index in [2.05, 4.69) is 274 Å². The zero-order valence-electron chi connectivity index (χ0n) is 49.2. The Kier molecular flexibility index (Phi) is 12.4. The third-order valence-electron chi connectivity index (χ3n) is 18.0. The van der Waals surface area contributed by atoms with Gasteiger partial charge < -0.3 is 24.2 Å². The summed E-state index contributed by atoms with van der Waals surface area (Å²) >= 11 is 0. The second-order valence-electron chi connectivity index (χ2n) is 27.6. The van der Waals surface area contributed by atoms with Gasteiger partial charge in [-0.25, -0.2) is 0 Å². The van der Waals surface area contributed by atoms with Crippen LogP contribution in [0.25, 0.3) is 0 Å². The van der Waals surface area contributed by atoms with Crippen LogP contribution >= 0.6 is 0 Å². The Morgan fingerprint density at radius 2 is 1.10 bits per heavy atom. The maximum atomic E-state index is 6.85. The highest BCUT2D eigenvalue weighted by Crippen LogP contribution is 2.50. The van der Waals surface area contributed by atoms with Crippen molar-refractivity contribution in [1.29, 1.82) is 0 Å². The Bertz CT molecular complexity index is 3620. The van der Waals surface area contributed by atoms with Crippen LogP contribution in [0.5, 0.6) is 5.75 Å². The number of rotatable bonds is 7. The monoisotopic (exact) mass is 1050 g/mol. The van der Waals surface area contributed by atoms with Crippen molar-refractivity contribution in [3.05, 3.63) is 226 Å². The molecule has 13 rings (SSSR count). The minimum absolute atomic E-state index is 0.000906. The molecule has 4 heterocycles. The van der Waals surface area contributed by atoms with Crippen LogP contribution in [-0.4, -0.2) is 12.8 Å². The summed E-state index contributed by atoms with van der Waals surface area (Å²) in [5.41, 5.74) is 23.5. The van der Waals surface area contributed by atoms with Crippen molar-refractivity contribution in [3.8, 4) is 5.75 Å². The molecule has 4 aliphatic heterocycles. The summed E-state index contributed by atoms with van der Waals surface area (Å²) in [6.45, 7) is 27.7. The summed E-state index contributed by atoms with van der Waals surface area (Å²) in [7, 11) is 0. The lowest BCUT2D eigenvalue weighted by Gasteiger charge is -2.46. The Morgan fingerprint density at radius 1 is 0.525 bits per heavy atom. The number of benzene rings is 7. The number of hydrogen-bond acceptors (Lipinski definition) is 5. The lowest BCUT2D eigenvalue weighted by Crippen LogP contribution is -2.62. The normalized spacial score (nSPS) is 19.2. The molecule has 0 bridgehead atoms. The maximum absolute atomic E-state index is 6.85. The molecule has 0 aromatic heterocycles. The Labute approximate surface area is 477 Å². The van der Waals surface area contributed by atoms with Gasteiger partial charge in [-0.3, -0.25) is 0 Å². The third-order valence-corrected chi connectivity index (χ3v) is 18.0. The molecule has 5 nitrogen and oxygen atoms in total. The molecule has 0 amide bonds. The molecular formula is C74H78BN3O2. The van der Waals surface area contributed by atoms with E-state index in [0.717, 1.165) is 66.4 Å². The second-order valence-corrected chi connectivity index (χ2v) is 27.6. The van der Waals surface area contributed by atoms with Crippen LogP contribution < -0.4 is 35.8 Å². The van der Waals surface area contributed by atoms with Gasteiger partial charge in [0, 0.05) is 64.3 Å². The van der Waals surface area contributed by atoms with Gasteiger partial charge in [-0.05, 0) is 175 Å². The summed E-state index contributed by atoms with van der Waals surface area (Å²) in [4.78, 5) is 7.69. The molecule has 0 spiro atoms. The van der Waals surface area contributed by atoms with Crippen LogP contribution in [-0.2, 0) is 32.8 Å². The second kappa shape index (κ2) is 19.1. The highest BCUT2D eigenvalue weighted by atomic mass is 16.5. The quantitative estimate of drug-likeness (QED) is 0.148. The highest BCUT2D eigenvalue weighted by Gasteiger charge is 2.46. The maximum Gasteiger partial charge on any atom is 0.252 e. The van der Waals surface area contributed by atoms with Crippen molar-refractivity contribution < 1.29 is 9.47 Å². The van der Waals surface area contributed by atoms with Crippen molar-refractivity contribution in [2.75, 3.05) is 14.7 Å². The topological polar surface area (TPSA) is 28.2 Å². The van der Waals surface area contributed by atoms with Crippen molar-refractivity contribution >= 4 is 68.6 Å². The predicted octanol–water partition coefficient (Wildman–Crippen LogP) is 17.6. The van der Waals surface area contributed by atoms with Crippen LogP contribution in [0.2, 0.25) is 0 Å². The van der Waals surface area contributed by atoms with Crippen molar-refractivity contribution in [1.82, 2.24) is 0 Å². The number of nitrogens with zero attached hydrogens (tertiary/aromatic N) is 3. The molecule has 7 aromatic rings. The standard InChI is InChI=1S/C74H78BN3O2/c1-71(2,3)51-24-33-55(34-25-51)76(56-35-26-52(27-36-56)72(4,5)6)59-45-64-70-65(46-59)78(58-37-28-53(29-38-58)73(7,8)9)63-40-30-54(74(10,11)12)44-61(63)75(70)60-41-50(69-43-49-18-14-16-20-67(49)80-69)23-39-62(60)77(64)57-31-21-47(22-32-57)68-42-48-17-13-15-19-66(48)79-68/h14-16,18-21,23-41,44-47,68-69H,13,17,22,42-43H2,1-12H3. The van der Waals surface area contributed by atoms with E-state index >= 15 is 0 Å². The van der Waals surface area contributed by atoms with Gasteiger partial charge in [0.2, 0.25) is 0 Å². The average molecular weight is 1050 g/mol. The fourth-order valence-corrected chi connectivity index (χ4v) is 13.3. The number of fused-ring (bicyclic) bond motifs is 5. The molecule has 80 heavy (non-hydrogen) atoms. The molecule has 0 N–H and O–H groups in total. The zero-order chi connectivity index (χ0) is 55.6. The van der Waals surface area contributed by atoms with E-state index in [1.54, 1.807) is 0 Å². The van der Waals surface area contributed by atoms with Crippen LogP contribution in [0.1, 0.15) is 148 Å². The SMILES string of the molecule is CC(C)(C)c1ccc(N(c2ccc(C(C)(C)C)cc2)c2cc3c4c(c2)N(c2ccc(C(C)(C)C)cc2)c2ccc(C(C)(C)C)cc2B4c2cc(C4Cc5ccccc5O4)ccc2N3C2=CCC(C3CC4=C(C=CCC4)O3)C=C2)cc1. The summed E-state index contributed by atoms with van der Waals surface area (Å²) in [6, 6.07) is 56.2. The van der Waals surface area contributed by atoms with Gasteiger partial charge in [-0.15, -0.1) is 0 Å². The Balaban J connectivity index is 1.07. The first kappa shape index (κ1) is 52.0. The number of anilines is 8. The minimum atomic E-state index is -0.0886. The first-order valence-electron chi connectivity index (χ1n) is 29.5. The Hall–Kier alpha value is -7.44. The molecule has 6 heteroatoms. The van der Waals surface area contributed by atoms with Gasteiger partial charge in [0.1, 0.15) is 23.7 Å². The van der Waals surface area contributed by atoms with Crippen LogP contribution in [0.4, 0.5) is 45.5 Å². The first-order valence-corrected chi connectivity index (χ1v) is 29.5. The molecule has 6 aliphatic rings. The number of hydrogen-bond donors (Lipinski definition) is 0. The van der Waals surface area contributed by atoms with E-state index in [1.807, 2.05) is 0 Å². The number of allylic oxidation sites excluding steroid dienone is 4. The van der Waals surface area contributed by atoms with Gasteiger partial charge in [-0.2, -0.15) is 0 Å². The molecule has 3 unspecified atom stereocenters. The average Bonchev–Trinajstić information content (AvgIpc) is 1.96. The van der Waals surface area contributed by atoms with Gasteiger partial charge in [-0.1, -0.05) is 180 Å². The number of para-hydroxylation sites is 1. The Morgan fingerprint density at radius 3 is 1.70 bits per heavy atom. The van der Waals surface area contributed by atoms with Crippen molar-refractivity contribution in [3.63, 3.8) is 0 Å². The highest BCUT2D eigenvalue weighted by molar-refractivity contribution is 7.00. The molecule has 3 atom stereocenters. The zero-order valence-corrected chi connectivity index (χ0v) is 49.2. The molecule has 0 saturated heterocycles. The van der Waals surface area contributed by atoms with Crippen LogP contribution in [0.15, 0.2) is 193 Å². The van der Waals surface area contributed by atoms with E-state index in [-0.39, 0.29) is 46.5 Å². The smallest absolute Gasteiger partial charge is 0.252 e. The molecule has 7 aromatic carbocycles. The van der Waals surface area contributed by atoms with Gasteiger partial charge in [0.25, 0.3) is 6.71 Å². The van der Waals surface area contributed by atoms with Crippen molar-refractivity contribution in [2.24, 2.45) is 5.92 Å². The fraction of sp³-hybridized carbons (Fsp3) is 0.324. The molecular weight excluding hydrogens is 974 g/mol. The van der Waals surface area contributed by atoms with E-state index < -0.39 is 0 Å². The van der Waals surface area contributed by atoms with Gasteiger partial charge in [0.05, 0.1) is 5.69 Å². The predicted molar refractivity (Wildman–Crippen MR) is 338 cm³/mol. The minimum Gasteiger partial charge on any atom is -0.490 e. The van der Waals surface area contributed by atoms with Crippen LogP contribution in [0.3, 0.4) is 0 Å². The first-order chi connectivity index (χ1) is 38.2. The van der Waals surface area contributed by atoms with Gasteiger partial charge >= 0.3 is 0 Å². The van der Waals surface area contributed by atoms with E-state index in [9.17, 15) is 0 Å². The van der Waals surface area contributed by atoms with E-state index in [1.165, 1.54) is 83.8 Å². The molecule has 0 radical (unpaired) electrons. The number of ether oxygens (including phenoxy) is 2. The molecule has 0 saturated carbocycles. The lowest BCUT2D eigenvalue weighted by molar-refractivity contribution is 0.114. The van der Waals surface area contributed by atoms with Crippen LogP contribution in [0, 0.1) is 5.92 Å². The van der Waals surface area contributed by atoms with Crippen molar-refractivity contribution in [2.45, 2.75) is 149 Å². The molecule has 404 valence electrons. The van der Waals surface area contributed by atoms with Gasteiger partial charge in [0.15, 0.2) is 0 Å².